The van der Waals surface area contributed by atoms with Gasteiger partial charge in [0, 0.05) is 16.6 Å². The van der Waals surface area contributed by atoms with Crippen molar-refractivity contribution in [1.29, 1.82) is 0 Å². The highest BCUT2D eigenvalue weighted by Gasteiger charge is 2.34. The van der Waals surface area contributed by atoms with Crippen LogP contribution in [0.3, 0.4) is 0 Å². The van der Waals surface area contributed by atoms with Crippen molar-refractivity contribution in [2.45, 2.75) is 6.61 Å². The monoisotopic (exact) mass is 556 g/mol. The predicted octanol–water partition coefficient (Wildman–Crippen LogP) is 6.35. The molecule has 1 amide bonds. The van der Waals surface area contributed by atoms with E-state index in [4.69, 9.17) is 21.7 Å². The summed E-state index contributed by atoms with van der Waals surface area (Å²) in [6.07, 6.45) is 1.71. The van der Waals surface area contributed by atoms with Gasteiger partial charge in [0.05, 0.1) is 22.6 Å². The van der Waals surface area contributed by atoms with Gasteiger partial charge in [-0.05, 0) is 47.5 Å². The fourth-order valence-electron chi connectivity index (χ4n) is 3.22. The van der Waals surface area contributed by atoms with Crippen LogP contribution in [0.5, 0.6) is 11.5 Å². The van der Waals surface area contributed by atoms with E-state index in [2.05, 4.69) is 15.9 Å². The number of nitro groups is 1. The van der Waals surface area contributed by atoms with Gasteiger partial charge in [0.1, 0.15) is 6.61 Å². The van der Waals surface area contributed by atoms with Gasteiger partial charge in [-0.3, -0.25) is 19.8 Å². The Morgan fingerprint density at radius 3 is 2.59 bits per heavy atom. The molecular formula is C24H17BrN2O5S2. The van der Waals surface area contributed by atoms with Crippen LogP contribution in [0, 0.1) is 10.1 Å². The lowest BCUT2D eigenvalue weighted by Crippen LogP contribution is -2.27. The van der Waals surface area contributed by atoms with Gasteiger partial charge in [0.25, 0.3) is 11.6 Å². The van der Waals surface area contributed by atoms with Crippen LogP contribution in [0.25, 0.3) is 6.08 Å². The fourth-order valence-corrected chi connectivity index (χ4v) is 4.79. The number of rotatable bonds is 7. The summed E-state index contributed by atoms with van der Waals surface area (Å²) in [5.74, 6) is 0.761. The number of nitrogens with zero attached hydrogens (tertiary/aromatic N) is 2. The number of carbonyl (C=O) groups is 1. The maximum atomic E-state index is 13.0. The summed E-state index contributed by atoms with van der Waals surface area (Å²) < 4.78 is 12.7. The van der Waals surface area contributed by atoms with E-state index < -0.39 is 4.92 Å². The van der Waals surface area contributed by atoms with Crippen molar-refractivity contribution >= 4 is 67.6 Å². The minimum absolute atomic E-state index is 0.112. The molecule has 10 heteroatoms. The normalized spacial score (nSPS) is 14.5. The molecule has 34 heavy (non-hydrogen) atoms. The molecule has 1 aliphatic heterocycles. The van der Waals surface area contributed by atoms with Crippen molar-refractivity contribution in [2.24, 2.45) is 0 Å². The Kier molecular flexibility index (Phi) is 7.30. The zero-order valence-electron chi connectivity index (χ0n) is 17.8. The molecule has 3 aromatic carbocycles. The van der Waals surface area contributed by atoms with Gasteiger partial charge >= 0.3 is 0 Å². The SMILES string of the molecule is COc1cc(/C=C2/SC(=S)N(c3cccc([N+](=O)[O-])c3)C2=O)ccc1OCc1ccc(Br)cc1. The molecule has 0 saturated carbocycles. The average Bonchev–Trinajstić information content (AvgIpc) is 3.11. The lowest BCUT2D eigenvalue weighted by atomic mass is 10.1. The second-order valence-electron chi connectivity index (χ2n) is 7.12. The van der Waals surface area contributed by atoms with Crippen LogP contribution < -0.4 is 14.4 Å². The number of benzene rings is 3. The van der Waals surface area contributed by atoms with Crippen molar-refractivity contribution in [3.63, 3.8) is 0 Å². The molecule has 7 nitrogen and oxygen atoms in total. The third-order valence-corrected chi connectivity index (χ3v) is 6.72. The Balaban J connectivity index is 1.53. The molecule has 0 spiro atoms. The van der Waals surface area contributed by atoms with E-state index >= 15 is 0 Å². The number of halogens is 1. The van der Waals surface area contributed by atoms with Gasteiger partial charge in [-0.15, -0.1) is 0 Å². The lowest BCUT2D eigenvalue weighted by molar-refractivity contribution is -0.384. The third kappa shape index (κ3) is 5.30. The van der Waals surface area contributed by atoms with Gasteiger partial charge in [-0.1, -0.05) is 64.2 Å². The maximum Gasteiger partial charge on any atom is 0.271 e. The van der Waals surface area contributed by atoms with Crippen LogP contribution in [0.1, 0.15) is 11.1 Å². The highest BCUT2D eigenvalue weighted by Crippen LogP contribution is 2.38. The highest BCUT2D eigenvalue weighted by atomic mass is 79.9. The first-order chi connectivity index (χ1) is 16.4. The number of anilines is 1. The number of non-ortho nitro benzene ring substituents is 1. The Bertz CT molecular complexity index is 1310. The summed E-state index contributed by atoms with van der Waals surface area (Å²) in [6, 6.07) is 19.0. The van der Waals surface area contributed by atoms with Crippen molar-refractivity contribution in [2.75, 3.05) is 12.0 Å². The minimum atomic E-state index is -0.510. The van der Waals surface area contributed by atoms with Crippen LogP contribution in [-0.4, -0.2) is 22.3 Å². The summed E-state index contributed by atoms with van der Waals surface area (Å²) >= 11 is 9.92. The molecular weight excluding hydrogens is 540 g/mol. The average molecular weight is 557 g/mol. The van der Waals surface area contributed by atoms with Gasteiger partial charge in [-0.25, -0.2) is 0 Å². The number of ether oxygens (including phenoxy) is 2. The van der Waals surface area contributed by atoms with Gasteiger partial charge in [0.15, 0.2) is 15.8 Å². The van der Waals surface area contributed by atoms with E-state index in [-0.39, 0.29) is 11.6 Å². The summed E-state index contributed by atoms with van der Waals surface area (Å²) in [5.41, 5.74) is 1.99. The topological polar surface area (TPSA) is 81.9 Å². The maximum absolute atomic E-state index is 13.0. The molecule has 0 N–H and O–H groups in total. The van der Waals surface area contributed by atoms with E-state index in [0.29, 0.717) is 33.0 Å². The number of hydrogen-bond acceptors (Lipinski definition) is 7. The number of thiocarbonyl (C=S) groups is 1. The number of nitro benzene ring substituents is 1. The van der Waals surface area contributed by atoms with Crippen molar-refractivity contribution in [1.82, 2.24) is 0 Å². The first-order valence-corrected chi connectivity index (χ1v) is 11.9. The summed E-state index contributed by atoms with van der Waals surface area (Å²) in [4.78, 5) is 25.3. The van der Waals surface area contributed by atoms with Crippen LogP contribution in [0.2, 0.25) is 0 Å². The molecule has 0 radical (unpaired) electrons. The zero-order valence-corrected chi connectivity index (χ0v) is 21.0. The molecule has 0 bridgehead atoms. The molecule has 0 aliphatic carbocycles. The Hall–Kier alpha value is -3.21. The fraction of sp³-hybridized carbons (Fsp3) is 0.0833. The first kappa shape index (κ1) is 23.9. The van der Waals surface area contributed by atoms with E-state index in [9.17, 15) is 14.9 Å². The largest absolute Gasteiger partial charge is 0.493 e. The molecule has 1 aliphatic rings. The molecule has 4 rings (SSSR count). The standard InChI is InChI=1S/C24H17BrN2O5S2/c1-31-21-11-16(7-10-20(21)32-14-15-5-8-17(25)9-6-15)12-22-23(28)26(24(33)34-22)18-3-2-4-19(13-18)27(29)30/h2-13H,14H2,1H3/b22-12+. The van der Waals surface area contributed by atoms with E-state index in [0.717, 1.165) is 27.4 Å². The quantitative estimate of drug-likeness (QED) is 0.145. The smallest absolute Gasteiger partial charge is 0.271 e. The van der Waals surface area contributed by atoms with Crippen molar-refractivity contribution in [3.8, 4) is 11.5 Å². The summed E-state index contributed by atoms with van der Waals surface area (Å²) in [6.45, 7) is 0.380. The molecule has 3 aromatic rings. The number of methoxy groups -OCH3 is 1. The highest BCUT2D eigenvalue weighted by molar-refractivity contribution is 9.10. The molecule has 0 aromatic heterocycles. The second kappa shape index (κ2) is 10.4. The molecule has 1 heterocycles. The molecule has 1 fully saturated rings. The predicted molar refractivity (Wildman–Crippen MR) is 140 cm³/mol. The van der Waals surface area contributed by atoms with Gasteiger partial charge in [-0.2, -0.15) is 0 Å². The third-order valence-electron chi connectivity index (χ3n) is 4.89. The summed E-state index contributed by atoms with van der Waals surface area (Å²) in [5, 5.41) is 11.1. The van der Waals surface area contributed by atoms with Crippen LogP contribution in [-0.2, 0) is 11.4 Å². The zero-order chi connectivity index (χ0) is 24.2. The number of hydrogen-bond donors (Lipinski definition) is 0. The van der Waals surface area contributed by atoms with Gasteiger partial charge < -0.3 is 9.47 Å². The Morgan fingerprint density at radius 2 is 1.88 bits per heavy atom. The molecule has 172 valence electrons. The van der Waals surface area contributed by atoms with Crippen LogP contribution in [0.4, 0.5) is 11.4 Å². The number of carbonyl (C=O) groups excluding carboxylic acids is 1. The van der Waals surface area contributed by atoms with E-state index in [1.54, 1.807) is 31.4 Å². The van der Waals surface area contributed by atoms with E-state index in [1.807, 2.05) is 30.3 Å². The molecule has 0 atom stereocenters. The summed E-state index contributed by atoms with van der Waals surface area (Å²) in [7, 11) is 1.55. The van der Waals surface area contributed by atoms with Crippen molar-refractivity contribution < 1.29 is 19.2 Å². The molecule has 0 unspecified atom stereocenters. The number of thioether (sulfide) groups is 1. The second-order valence-corrected chi connectivity index (χ2v) is 9.71. The van der Waals surface area contributed by atoms with Crippen LogP contribution >= 0.6 is 39.9 Å². The van der Waals surface area contributed by atoms with Crippen molar-refractivity contribution in [3.05, 3.63) is 97.3 Å². The number of amides is 1. The van der Waals surface area contributed by atoms with Crippen LogP contribution in [0.15, 0.2) is 76.1 Å². The van der Waals surface area contributed by atoms with E-state index in [1.165, 1.54) is 23.1 Å². The Morgan fingerprint density at radius 1 is 1.12 bits per heavy atom. The minimum Gasteiger partial charge on any atom is -0.493 e. The first-order valence-electron chi connectivity index (χ1n) is 9.93. The molecule has 1 saturated heterocycles. The lowest BCUT2D eigenvalue weighted by Gasteiger charge is -2.14. The van der Waals surface area contributed by atoms with Gasteiger partial charge in [0.2, 0.25) is 0 Å². The Labute approximate surface area is 213 Å².